The van der Waals surface area contributed by atoms with Gasteiger partial charge >= 0.3 is 0 Å². The van der Waals surface area contributed by atoms with Gasteiger partial charge in [0.05, 0.1) is 0 Å². The second kappa shape index (κ2) is 5.43. The van der Waals surface area contributed by atoms with Gasteiger partial charge in [-0.1, -0.05) is 11.6 Å². The average Bonchev–Trinajstić information content (AvgIpc) is 2.38. The van der Waals surface area contributed by atoms with Crippen LogP contribution in [0.2, 0.25) is 5.15 Å². The Hall–Kier alpha value is -1.50. The molecule has 0 unspecified atom stereocenters. The summed E-state index contributed by atoms with van der Waals surface area (Å²) in [4.78, 5) is 7.68. The number of aromatic nitrogens is 2. The van der Waals surface area contributed by atoms with Crippen molar-refractivity contribution in [2.24, 2.45) is 0 Å². The molecule has 0 aliphatic carbocycles. The van der Waals surface area contributed by atoms with Crippen LogP contribution in [-0.4, -0.2) is 18.4 Å². The van der Waals surface area contributed by atoms with Gasteiger partial charge in [0.25, 0.3) is 0 Å². The highest BCUT2D eigenvalue weighted by atomic mass is 35.5. The number of nitrogens with one attached hydrogen (secondary N) is 1. The fourth-order valence-corrected chi connectivity index (χ4v) is 2.36. The Labute approximate surface area is 110 Å². The topological polar surface area (TPSA) is 72.0 Å². The summed E-state index contributed by atoms with van der Waals surface area (Å²) in [7, 11) is -3.57. The summed E-state index contributed by atoms with van der Waals surface area (Å²) in [6, 6.07) is 6.32. The molecule has 0 saturated heterocycles. The fourth-order valence-electron chi connectivity index (χ4n) is 1.28. The van der Waals surface area contributed by atoms with E-state index in [2.05, 4.69) is 14.7 Å². The number of hydrogen-bond acceptors (Lipinski definition) is 4. The molecule has 7 heteroatoms. The molecule has 2 aromatic heterocycles. The SMILES string of the molecule is O=S(=O)(NCc1ccncc1)c1ccc(Cl)nc1. The van der Waals surface area contributed by atoms with Crippen LogP contribution < -0.4 is 4.72 Å². The van der Waals surface area contributed by atoms with E-state index in [1.54, 1.807) is 24.5 Å². The Morgan fingerprint density at radius 1 is 1.17 bits per heavy atom. The largest absolute Gasteiger partial charge is 0.265 e. The molecule has 0 aromatic carbocycles. The lowest BCUT2D eigenvalue weighted by Crippen LogP contribution is -2.23. The molecule has 0 radical (unpaired) electrons. The summed E-state index contributed by atoms with van der Waals surface area (Å²) in [6.45, 7) is 0.202. The Morgan fingerprint density at radius 2 is 1.89 bits per heavy atom. The number of pyridine rings is 2. The van der Waals surface area contributed by atoms with E-state index >= 15 is 0 Å². The van der Waals surface area contributed by atoms with E-state index < -0.39 is 10.0 Å². The van der Waals surface area contributed by atoms with E-state index in [4.69, 9.17) is 11.6 Å². The molecule has 0 spiro atoms. The quantitative estimate of drug-likeness (QED) is 0.865. The van der Waals surface area contributed by atoms with Crippen LogP contribution in [0, 0.1) is 0 Å². The molecule has 0 amide bonds. The monoisotopic (exact) mass is 283 g/mol. The predicted molar refractivity (Wildman–Crippen MR) is 67.5 cm³/mol. The highest BCUT2D eigenvalue weighted by Gasteiger charge is 2.13. The number of hydrogen-bond donors (Lipinski definition) is 1. The molecular formula is C11H10ClN3O2S. The maximum absolute atomic E-state index is 11.9. The second-order valence-electron chi connectivity index (χ2n) is 3.50. The van der Waals surface area contributed by atoms with Gasteiger partial charge in [0, 0.05) is 25.1 Å². The highest BCUT2D eigenvalue weighted by Crippen LogP contribution is 2.11. The summed E-state index contributed by atoms with van der Waals surface area (Å²) in [5, 5.41) is 0.253. The van der Waals surface area contributed by atoms with Crippen LogP contribution in [0.1, 0.15) is 5.56 Å². The van der Waals surface area contributed by atoms with Gasteiger partial charge in [-0.25, -0.2) is 18.1 Å². The fraction of sp³-hybridized carbons (Fsp3) is 0.0909. The minimum absolute atomic E-state index is 0.0842. The van der Waals surface area contributed by atoms with Crippen molar-refractivity contribution in [3.05, 3.63) is 53.6 Å². The molecule has 94 valence electrons. The smallest absolute Gasteiger partial charge is 0.242 e. The maximum Gasteiger partial charge on any atom is 0.242 e. The van der Waals surface area contributed by atoms with Crippen LogP contribution in [-0.2, 0) is 16.6 Å². The summed E-state index contributed by atoms with van der Waals surface area (Å²) in [5.74, 6) is 0. The van der Waals surface area contributed by atoms with Crippen molar-refractivity contribution in [3.8, 4) is 0 Å². The van der Waals surface area contributed by atoms with E-state index in [0.717, 1.165) is 5.56 Å². The van der Waals surface area contributed by atoms with Crippen LogP contribution in [0.5, 0.6) is 0 Å². The molecule has 2 rings (SSSR count). The van der Waals surface area contributed by atoms with Crippen LogP contribution in [0.4, 0.5) is 0 Å². The van der Waals surface area contributed by atoms with Gasteiger partial charge in [0.15, 0.2) is 0 Å². The molecule has 1 N–H and O–H groups in total. The first-order chi connectivity index (χ1) is 8.58. The predicted octanol–water partition coefficient (Wildman–Crippen LogP) is 1.61. The molecule has 0 aliphatic heterocycles. The molecule has 0 atom stereocenters. The van der Waals surface area contributed by atoms with E-state index in [0.29, 0.717) is 0 Å². The molecule has 0 fully saturated rings. The number of halogens is 1. The first-order valence-corrected chi connectivity index (χ1v) is 6.94. The second-order valence-corrected chi connectivity index (χ2v) is 5.65. The lowest BCUT2D eigenvalue weighted by molar-refractivity contribution is 0.581. The molecule has 0 aliphatic rings. The first kappa shape index (κ1) is 12.9. The van der Waals surface area contributed by atoms with Gasteiger partial charge in [-0.2, -0.15) is 0 Å². The molecule has 0 bridgehead atoms. The van der Waals surface area contributed by atoms with Gasteiger partial charge in [-0.05, 0) is 29.8 Å². The zero-order valence-corrected chi connectivity index (χ0v) is 10.8. The van der Waals surface area contributed by atoms with Gasteiger partial charge in [-0.3, -0.25) is 4.98 Å². The molecule has 0 saturated carbocycles. The van der Waals surface area contributed by atoms with Crippen LogP contribution >= 0.6 is 11.6 Å². The zero-order chi connectivity index (χ0) is 13.0. The van der Waals surface area contributed by atoms with Crippen molar-refractivity contribution < 1.29 is 8.42 Å². The van der Waals surface area contributed by atoms with Crippen molar-refractivity contribution in [2.75, 3.05) is 0 Å². The third-order valence-electron chi connectivity index (χ3n) is 2.23. The van der Waals surface area contributed by atoms with E-state index in [1.165, 1.54) is 18.3 Å². The summed E-state index contributed by atoms with van der Waals surface area (Å²) >= 11 is 5.60. The minimum Gasteiger partial charge on any atom is -0.265 e. The normalized spacial score (nSPS) is 11.4. The van der Waals surface area contributed by atoms with Crippen molar-refractivity contribution in [3.63, 3.8) is 0 Å². The van der Waals surface area contributed by atoms with Crippen LogP contribution in [0.15, 0.2) is 47.8 Å². The number of rotatable bonds is 4. The lowest BCUT2D eigenvalue weighted by atomic mass is 10.3. The zero-order valence-electron chi connectivity index (χ0n) is 9.25. The van der Waals surface area contributed by atoms with Crippen LogP contribution in [0.25, 0.3) is 0 Å². The first-order valence-electron chi connectivity index (χ1n) is 5.08. The van der Waals surface area contributed by atoms with Gasteiger partial charge in [0.2, 0.25) is 10.0 Å². The van der Waals surface area contributed by atoms with Crippen LogP contribution in [0.3, 0.4) is 0 Å². The van der Waals surface area contributed by atoms with Crippen molar-refractivity contribution >= 4 is 21.6 Å². The molecule has 18 heavy (non-hydrogen) atoms. The van der Waals surface area contributed by atoms with Crippen molar-refractivity contribution in [2.45, 2.75) is 11.4 Å². The summed E-state index contributed by atoms with van der Waals surface area (Å²) in [6.07, 6.45) is 4.43. The van der Waals surface area contributed by atoms with Crippen molar-refractivity contribution in [1.82, 2.24) is 14.7 Å². The lowest BCUT2D eigenvalue weighted by Gasteiger charge is -2.06. The molecular weight excluding hydrogens is 274 g/mol. The van der Waals surface area contributed by atoms with Gasteiger partial charge in [0.1, 0.15) is 10.0 Å². The molecule has 2 heterocycles. The number of nitrogens with zero attached hydrogens (tertiary/aromatic N) is 2. The molecule has 5 nitrogen and oxygen atoms in total. The third kappa shape index (κ3) is 3.25. The Morgan fingerprint density at radius 3 is 2.50 bits per heavy atom. The van der Waals surface area contributed by atoms with Gasteiger partial charge < -0.3 is 0 Å². The Bertz CT molecular complexity index is 614. The van der Waals surface area contributed by atoms with E-state index in [9.17, 15) is 8.42 Å². The average molecular weight is 284 g/mol. The third-order valence-corrected chi connectivity index (χ3v) is 3.84. The number of sulfonamides is 1. The molecule has 2 aromatic rings. The Kier molecular flexibility index (Phi) is 3.90. The van der Waals surface area contributed by atoms with Crippen molar-refractivity contribution in [1.29, 1.82) is 0 Å². The summed E-state index contributed by atoms with van der Waals surface area (Å²) < 4.78 is 26.3. The van der Waals surface area contributed by atoms with Gasteiger partial charge in [-0.15, -0.1) is 0 Å². The maximum atomic E-state index is 11.9. The highest BCUT2D eigenvalue weighted by molar-refractivity contribution is 7.89. The van der Waals surface area contributed by atoms with E-state index in [1.807, 2.05) is 0 Å². The van der Waals surface area contributed by atoms with E-state index in [-0.39, 0.29) is 16.6 Å². The summed E-state index contributed by atoms with van der Waals surface area (Å²) in [5.41, 5.74) is 0.829. The minimum atomic E-state index is -3.57. The standard InChI is InChI=1S/C11H10ClN3O2S/c12-11-2-1-10(8-14-11)18(16,17)15-7-9-3-5-13-6-4-9/h1-6,8,15H,7H2. The Balaban J connectivity index is 2.11.